The molecule has 1 fully saturated rings. The number of ether oxygens (including phenoxy) is 2. The molecule has 3 heterocycles. The normalized spacial score (nSPS) is 18.1. The molecule has 0 radical (unpaired) electrons. The van der Waals surface area contributed by atoms with Crippen LogP contribution in [0.4, 0.5) is 26.3 Å². The van der Waals surface area contributed by atoms with Crippen molar-refractivity contribution in [3.63, 3.8) is 0 Å². The molecular weight excluding hydrogens is 634 g/mol. The van der Waals surface area contributed by atoms with Gasteiger partial charge in [-0.2, -0.15) is 31.3 Å². The van der Waals surface area contributed by atoms with E-state index in [1.165, 1.54) is 24.9 Å². The lowest BCUT2D eigenvalue weighted by atomic mass is 10.0. The highest BCUT2D eigenvalue weighted by molar-refractivity contribution is 8.18. The van der Waals surface area contributed by atoms with E-state index in [0.29, 0.717) is 28.2 Å². The third-order valence-electron chi connectivity index (χ3n) is 7.69. The summed E-state index contributed by atoms with van der Waals surface area (Å²) in [7, 11) is 1.34. The van der Waals surface area contributed by atoms with E-state index in [1.807, 2.05) is 25.1 Å². The van der Waals surface area contributed by atoms with Crippen LogP contribution in [0.15, 0.2) is 64.5 Å². The van der Waals surface area contributed by atoms with Gasteiger partial charge in [0, 0.05) is 12.1 Å². The number of rotatable bonds is 6. The van der Waals surface area contributed by atoms with E-state index >= 15 is 0 Å². The average molecular weight is 661 g/mol. The number of fused-ring (bicyclic) bond motifs is 1. The van der Waals surface area contributed by atoms with Crippen LogP contribution in [0.2, 0.25) is 0 Å². The molecule has 6 rings (SSSR count). The number of benzene rings is 3. The number of methoxy groups -OCH3 is 1. The molecule has 3 aromatic carbocycles. The van der Waals surface area contributed by atoms with Crippen LogP contribution in [-0.2, 0) is 23.8 Å². The van der Waals surface area contributed by atoms with E-state index < -0.39 is 41.6 Å². The molecule has 1 atom stereocenters. The van der Waals surface area contributed by atoms with Crippen molar-refractivity contribution in [1.82, 2.24) is 14.9 Å². The zero-order valence-corrected chi connectivity index (χ0v) is 25.2. The van der Waals surface area contributed by atoms with Crippen molar-refractivity contribution in [3.8, 4) is 11.5 Å². The van der Waals surface area contributed by atoms with Gasteiger partial charge in [-0.05, 0) is 85.1 Å². The highest BCUT2D eigenvalue weighted by Gasteiger charge is 2.38. The number of thioether (sulfide) groups is 1. The number of nitrogens with one attached hydrogen (secondary N) is 1. The summed E-state index contributed by atoms with van der Waals surface area (Å²) in [6.07, 6.45) is -6.57. The molecule has 7 nitrogen and oxygen atoms in total. The van der Waals surface area contributed by atoms with Crippen molar-refractivity contribution in [1.29, 1.82) is 0 Å². The van der Waals surface area contributed by atoms with Gasteiger partial charge in [0.1, 0.15) is 12.4 Å². The Hall–Kier alpha value is -4.46. The first kappa shape index (κ1) is 31.5. The Kier molecular flexibility index (Phi) is 8.25. The molecule has 2 aliphatic heterocycles. The van der Waals surface area contributed by atoms with Crippen LogP contribution >= 0.6 is 11.8 Å². The fraction of sp³-hybridized carbons (Fsp3) is 0.281. The maximum absolute atomic E-state index is 13.6. The number of nitrogens with zero attached hydrogens (tertiary/aromatic N) is 3. The molecule has 1 amide bonds. The molecule has 1 saturated heterocycles. The zero-order valence-electron chi connectivity index (χ0n) is 24.4. The van der Waals surface area contributed by atoms with Gasteiger partial charge in [-0.1, -0.05) is 18.2 Å². The quantitative estimate of drug-likeness (QED) is 0.166. The number of carbonyl (C=O) groups excluding carboxylic acids is 1. The van der Waals surface area contributed by atoms with Crippen LogP contribution in [0.5, 0.6) is 11.5 Å². The number of hydrogen-bond donors (Lipinski definition) is 1. The molecule has 1 unspecified atom stereocenters. The Balaban J connectivity index is 1.17. The number of imidazole rings is 1. The Morgan fingerprint density at radius 1 is 1.02 bits per heavy atom. The van der Waals surface area contributed by atoms with Crippen LogP contribution in [0.3, 0.4) is 0 Å². The van der Waals surface area contributed by atoms with E-state index in [1.54, 1.807) is 18.2 Å². The number of H-pyrrole nitrogens is 1. The smallest absolute Gasteiger partial charge is 0.416 e. The predicted octanol–water partition coefficient (Wildman–Crippen LogP) is 8.30. The molecule has 0 saturated carbocycles. The number of halogens is 6. The molecule has 4 aromatic rings. The van der Waals surface area contributed by atoms with Gasteiger partial charge in [-0.3, -0.25) is 4.79 Å². The van der Waals surface area contributed by atoms with Gasteiger partial charge in [-0.25, -0.2) is 4.98 Å². The van der Waals surface area contributed by atoms with Crippen molar-refractivity contribution < 1.29 is 40.6 Å². The van der Waals surface area contributed by atoms with Crippen LogP contribution in [0.1, 0.15) is 52.5 Å². The summed E-state index contributed by atoms with van der Waals surface area (Å²) >= 11 is 1.24. The number of alkyl halides is 6. The van der Waals surface area contributed by atoms with Crippen LogP contribution < -0.4 is 9.47 Å². The number of aryl methyl sites for hydroxylation is 1. The number of hydrogen-bond acceptors (Lipinski definition) is 6. The second-order valence-electron chi connectivity index (χ2n) is 10.9. The number of aromatic amines is 1. The second kappa shape index (κ2) is 12.0. The van der Waals surface area contributed by atoms with Crippen LogP contribution in [0, 0.1) is 6.92 Å². The predicted molar refractivity (Wildman–Crippen MR) is 161 cm³/mol. The van der Waals surface area contributed by atoms with Crippen molar-refractivity contribution in [2.24, 2.45) is 4.99 Å². The van der Waals surface area contributed by atoms with E-state index in [0.717, 1.165) is 41.3 Å². The molecule has 0 spiro atoms. The highest BCUT2D eigenvalue weighted by atomic mass is 32.2. The first-order chi connectivity index (χ1) is 21.8. The summed E-state index contributed by atoms with van der Waals surface area (Å²) in [5.74, 6) is 0.629. The van der Waals surface area contributed by atoms with Gasteiger partial charge in [0.15, 0.2) is 16.7 Å². The minimum atomic E-state index is -5.02. The fourth-order valence-corrected chi connectivity index (χ4v) is 6.43. The third-order valence-corrected chi connectivity index (χ3v) is 8.71. The summed E-state index contributed by atoms with van der Waals surface area (Å²) in [5, 5.41) is 0.569. The standard InChI is InChI=1S/C32H26F6N4O3S/c1-17-5-9-22-23(12-17)40-28(39-22)24-4-3-11-42(24)30-41-29(43)27(46-30)14-18-6-10-25(26(13-18)44-2)45-16-19-7-8-20(31(33,34)35)15-21(19)32(36,37)38/h5-10,12-15,24H,3-4,11,16H2,1-2H3,(H,39,40)/b27-14-. The van der Waals surface area contributed by atoms with Crippen LogP contribution in [0.25, 0.3) is 17.1 Å². The van der Waals surface area contributed by atoms with Gasteiger partial charge in [0.2, 0.25) is 0 Å². The zero-order chi connectivity index (χ0) is 32.8. The fourth-order valence-electron chi connectivity index (χ4n) is 5.44. The van der Waals surface area contributed by atoms with Gasteiger partial charge >= 0.3 is 12.4 Å². The first-order valence-electron chi connectivity index (χ1n) is 14.1. The highest BCUT2D eigenvalue weighted by Crippen LogP contribution is 2.41. The molecular formula is C32H26F6N4O3S. The second-order valence-corrected chi connectivity index (χ2v) is 11.9. The summed E-state index contributed by atoms with van der Waals surface area (Å²) in [4.78, 5) is 27.8. The average Bonchev–Trinajstić information content (AvgIpc) is 3.73. The van der Waals surface area contributed by atoms with Crippen molar-refractivity contribution in [2.45, 2.75) is 44.8 Å². The van der Waals surface area contributed by atoms with Gasteiger partial charge in [0.05, 0.1) is 40.2 Å². The number of aliphatic imine (C=N–C) groups is 1. The lowest BCUT2D eigenvalue weighted by Gasteiger charge is -2.23. The molecule has 46 heavy (non-hydrogen) atoms. The van der Waals surface area contributed by atoms with E-state index in [-0.39, 0.29) is 23.6 Å². The number of amidine groups is 1. The Morgan fingerprint density at radius 2 is 1.83 bits per heavy atom. The molecule has 1 aromatic heterocycles. The maximum atomic E-state index is 13.6. The largest absolute Gasteiger partial charge is 0.493 e. The summed E-state index contributed by atoms with van der Waals surface area (Å²) in [5.41, 5.74) is 0.165. The Bertz CT molecular complexity index is 1880. The Labute approximate surface area is 263 Å². The van der Waals surface area contributed by atoms with Crippen LogP contribution in [-0.4, -0.2) is 39.6 Å². The SMILES string of the molecule is COc1cc(/C=C2\SC(N3CCCC3c3nc4ccc(C)cc4[nH]3)=NC2=O)ccc1OCc1ccc(C(F)(F)F)cc1C(F)(F)F. The van der Waals surface area contributed by atoms with Crippen molar-refractivity contribution in [2.75, 3.05) is 13.7 Å². The first-order valence-corrected chi connectivity index (χ1v) is 15.0. The van der Waals surface area contributed by atoms with E-state index in [4.69, 9.17) is 14.5 Å². The van der Waals surface area contributed by atoms with Gasteiger partial charge in [0.25, 0.3) is 5.91 Å². The molecule has 2 aliphatic rings. The molecule has 1 N–H and O–H groups in total. The number of likely N-dealkylation sites (tertiary alicyclic amines) is 1. The molecule has 14 heteroatoms. The lowest BCUT2D eigenvalue weighted by Crippen LogP contribution is -2.28. The minimum absolute atomic E-state index is 0.0647. The molecule has 0 bridgehead atoms. The summed E-state index contributed by atoms with van der Waals surface area (Å²) in [6.45, 7) is 2.07. The number of carbonyl (C=O) groups is 1. The molecule has 240 valence electrons. The Morgan fingerprint density at radius 3 is 2.57 bits per heavy atom. The monoisotopic (exact) mass is 660 g/mol. The maximum Gasteiger partial charge on any atom is 0.416 e. The van der Waals surface area contributed by atoms with Crippen molar-refractivity contribution >= 4 is 39.9 Å². The summed E-state index contributed by atoms with van der Waals surface area (Å²) in [6, 6.07) is 11.9. The third kappa shape index (κ3) is 6.43. The number of amides is 1. The van der Waals surface area contributed by atoms with E-state index in [9.17, 15) is 31.1 Å². The van der Waals surface area contributed by atoms with Crippen molar-refractivity contribution in [3.05, 3.63) is 93.1 Å². The topological polar surface area (TPSA) is 79.8 Å². The van der Waals surface area contributed by atoms with E-state index in [2.05, 4.69) is 14.9 Å². The lowest BCUT2D eigenvalue weighted by molar-refractivity contribution is -0.143. The molecule has 0 aliphatic carbocycles. The van der Waals surface area contributed by atoms with Gasteiger partial charge < -0.3 is 19.4 Å². The summed E-state index contributed by atoms with van der Waals surface area (Å²) < 4.78 is 90.7. The van der Waals surface area contributed by atoms with Gasteiger partial charge in [-0.15, -0.1) is 0 Å². The minimum Gasteiger partial charge on any atom is -0.493 e. The number of aromatic nitrogens is 2.